The fraction of sp³-hybridized carbons (Fsp3) is 0.312. The molecular weight excluding hydrogens is 344 g/mol. The van der Waals surface area contributed by atoms with Crippen molar-refractivity contribution in [2.24, 2.45) is 0 Å². The van der Waals surface area contributed by atoms with Crippen LogP contribution in [0, 0.1) is 5.82 Å². The molecule has 0 fully saturated rings. The Labute approximate surface area is 139 Å². The van der Waals surface area contributed by atoms with Crippen LogP contribution in [0.1, 0.15) is 11.1 Å². The van der Waals surface area contributed by atoms with E-state index in [1.165, 1.54) is 0 Å². The predicted octanol–water partition coefficient (Wildman–Crippen LogP) is 3.04. The standard InChI is InChI=1S/C16H14F4N2O3/c1-24-14(25-2)15(16(18,19)20)9-5-6-21-13(23)12(9)22-11-4-3-8(17)7-10(11)15/h3-7,14,22H,1-2H3,(H,21,23). The molecule has 1 aromatic heterocycles. The van der Waals surface area contributed by atoms with E-state index in [9.17, 15) is 22.4 Å². The van der Waals surface area contributed by atoms with Crippen LogP contribution in [0.4, 0.5) is 28.9 Å². The van der Waals surface area contributed by atoms with Crippen molar-refractivity contribution in [3.05, 3.63) is 57.8 Å². The Hall–Kier alpha value is -2.39. The van der Waals surface area contributed by atoms with Gasteiger partial charge in [0.2, 0.25) is 0 Å². The van der Waals surface area contributed by atoms with Gasteiger partial charge in [-0.05, 0) is 24.3 Å². The smallest absolute Gasteiger partial charge is 0.354 e. The summed E-state index contributed by atoms with van der Waals surface area (Å²) in [6.07, 6.45) is -5.69. The van der Waals surface area contributed by atoms with Crippen molar-refractivity contribution < 1.29 is 27.0 Å². The monoisotopic (exact) mass is 358 g/mol. The number of hydrogen-bond donors (Lipinski definition) is 2. The van der Waals surface area contributed by atoms with Crippen LogP contribution in [0.2, 0.25) is 0 Å². The van der Waals surface area contributed by atoms with Crippen LogP contribution in [0.3, 0.4) is 0 Å². The molecule has 1 aliphatic rings. The van der Waals surface area contributed by atoms with E-state index in [2.05, 4.69) is 10.3 Å². The third-order valence-electron chi connectivity index (χ3n) is 4.28. The van der Waals surface area contributed by atoms with E-state index in [1.807, 2.05) is 0 Å². The van der Waals surface area contributed by atoms with E-state index in [0.717, 1.165) is 44.7 Å². The average Bonchev–Trinajstić information content (AvgIpc) is 2.55. The van der Waals surface area contributed by atoms with Crippen LogP contribution in [0.15, 0.2) is 35.3 Å². The Kier molecular flexibility index (Phi) is 4.08. The molecule has 134 valence electrons. The minimum atomic E-state index is -4.95. The molecule has 1 atom stereocenters. The number of methoxy groups -OCH3 is 2. The highest BCUT2D eigenvalue weighted by Crippen LogP contribution is 2.56. The van der Waals surface area contributed by atoms with Crippen LogP contribution < -0.4 is 10.9 Å². The molecule has 1 unspecified atom stereocenters. The summed E-state index contributed by atoms with van der Waals surface area (Å²) < 4.78 is 67.0. The summed E-state index contributed by atoms with van der Waals surface area (Å²) in [5, 5.41) is 2.64. The van der Waals surface area contributed by atoms with E-state index in [1.54, 1.807) is 0 Å². The molecule has 9 heteroatoms. The van der Waals surface area contributed by atoms with Crippen LogP contribution in [-0.2, 0) is 14.9 Å². The van der Waals surface area contributed by atoms with Crippen LogP contribution >= 0.6 is 0 Å². The molecule has 2 aromatic rings. The van der Waals surface area contributed by atoms with Crippen LogP contribution in [0.5, 0.6) is 0 Å². The zero-order valence-corrected chi connectivity index (χ0v) is 13.2. The van der Waals surface area contributed by atoms with Crippen molar-refractivity contribution in [3.63, 3.8) is 0 Å². The number of fused-ring (bicyclic) bond motifs is 2. The highest BCUT2D eigenvalue weighted by molar-refractivity contribution is 5.76. The molecule has 1 aromatic carbocycles. The van der Waals surface area contributed by atoms with Gasteiger partial charge in [-0.15, -0.1) is 0 Å². The van der Waals surface area contributed by atoms with Gasteiger partial charge in [-0.2, -0.15) is 13.2 Å². The number of pyridine rings is 1. The van der Waals surface area contributed by atoms with Gasteiger partial charge < -0.3 is 19.8 Å². The molecule has 5 nitrogen and oxygen atoms in total. The van der Waals surface area contributed by atoms with Gasteiger partial charge in [0.1, 0.15) is 11.5 Å². The van der Waals surface area contributed by atoms with Gasteiger partial charge in [0.05, 0.1) is 0 Å². The SMILES string of the molecule is COC(OC)C1(C(F)(F)F)c2cc(F)ccc2Nc2c1cc[nH]c2=O. The lowest BCUT2D eigenvalue weighted by molar-refractivity contribution is -0.257. The molecule has 0 spiro atoms. The van der Waals surface area contributed by atoms with E-state index >= 15 is 0 Å². The Morgan fingerprint density at radius 1 is 1.12 bits per heavy atom. The molecule has 3 rings (SSSR count). The number of alkyl halides is 3. The second-order valence-corrected chi connectivity index (χ2v) is 5.52. The van der Waals surface area contributed by atoms with Gasteiger partial charge in [0.15, 0.2) is 11.7 Å². The summed E-state index contributed by atoms with van der Waals surface area (Å²) in [5.41, 5.74) is -4.81. The minimum Gasteiger partial charge on any atom is -0.354 e. The molecule has 0 radical (unpaired) electrons. The number of halogens is 4. The Morgan fingerprint density at radius 2 is 1.80 bits per heavy atom. The van der Waals surface area contributed by atoms with Crippen molar-refractivity contribution in [1.29, 1.82) is 0 Å². The third kappa shape index (κ3) is 2.34. The molecule has 25 heavy (non-hydrogen) atoms. The summed E-state index contributed by atoms with van der Waals surface area (Å²) in [5.74, 6) is -0.853. The first-order chi connectivity index (χ1) is 11.8. The van der Waals surface area contributed by atoms with Gasteiger partial charge in [0.25, 0.3) is 5.56 Å². The van der Waals surface area contributed by atoms with Gasteiger partial charge in [-0.3, -0.25) is 4.79 Å². The molecule has 0 amide bonds. The maximum Gasteiger partial charge on any atom is 0.407 e. The maximum atomic E-state index is 14.4. The second kappa shape index (κ2) is 5.85. The summed E-state index contributed by atoms with van der Waals surface area (Å²) >= 11 is 0. The van der Waals surface area contributed by atoms with Crippen molar-refractivity contribution in [2.75, 3.05) is 19.5 Å². The second-order valence-electron chi connectivity index (χ2n) is 5.52. The Bertz CT molecular complexity index is 861. The lowest BCUT2D eigenvalue weighted by Crippen LogP contribution is -2.56. The van der Waals surface area contributed by atoms with Gasteiger partial charge >= 0.3 is 6.18 Å². The van der Waals surface area contributed by atoms with Crippen molar-refractivity contribution in [2.45, 2.75) is 17.9 Å². The fourth-order valence-electron chi connectivity index (χ4n) is 3.31. The van der Waals surface area contributed by atoms with Crippen molar-refractivity contribution >= 4 is 11.4 Å². The number of benzene rings is 1. The number of rotatable bonds is 3. The number of nitrogens with one attached hydrogen (secondary N) is 2. The van der Waals surface area contributed by atoms with Gasteiger partial charge in [-0.25, -0.2) is 4.39 Å². The first kappa shape index (κ1) is 17.4. The summed E-state index contributed by atoms with van der Waals surface area (Å²) in [6, 6.07) is 4.02. The number of aromatic amines is 1. The molecule has 2 heterocycles. The highest BCUT2D eigenvalue weighted by atomic mass is 19.4. The van der Waals surface area contributed by atoms with Crippen LogP contribution in [0.25, 0.3) is 0 Å². The first-order valence-electron chi connectivity index (χ1n) is 7.19. The van der Waals surface area contributed by atoms with E-state index in [0.29, 0.717) is 0 Å². The largest absolute Gasteiger partial charge is 0.407 e. The lowest BCUT2D eigenvalue weighted by Gasteiger charge is -2.44. The van der Waals surface area contributed by atoms with Crippen LogP contribution in [-0.4, -0.2) is 31.7 Å². The fourth-order valence-corrected chi connectivity index (χ4v) is 3.31. The molecule has 0 saturated carbocycles. The van der Waals surface area contributed by atoms with E-state index in [4.69, 9.17) is 9.47 Å². The predicted molar refractivity (Wildman–Crippen MR) is 81.4 cm³/mol. The topological polar surface area (TPSA) is 63.4 Å². The zero-order valence-electron chi connectivity index (χ0n) is 13.2. The maximum absolute atomic E-state index is 14.4. The zero-order chi connectivity index (χ0) is 18.4. The molecule has 0 saturated heterocycles. The average molecular weight is 358 g/mol. The molecule has 0 bridgehead atoms. The number of H-pyrrole nitrogens is 1. The van der Waals surface area contributed by atoms with Gasteiger partial charge in [0, 0.05) is 37.2 Å². The highest BCUT2D eigenvalue weighted by Gasteiger charge is 2.66. The molecule has 2 N–H and O–H groups in total. The number of ether oxygens (including phenoxy) is 2. The molecular formula is C16H14F4N2O3. The minimum absolute atomic E-state index is 0.0537. The number of anilines is 2. The first-order valence-corrected chi connectivity index (χ1v) is 7.19. The van der Waals surface area contributed by atoms with Crippen molar-refractivity contribution in [3.8, 4) is 0 Å². The quantitative estimate of drug-likeness (QED) is 0.654. The summed E-state index contributed by atoms with van der Waals surface area (Å²) in [4.78, 5) is 14.4. The summed E-state index contributed by atoms with van der Waals surface area (Å²) in [6.45, 7) is 0. The Morgan fingerprint density at radius 3 is 2.40 bits per heavy atom. The van der Waals surface area contributed by atoms with E-state index < -0.39 is 40.4 Å². The normalized spacial score (nSPS) is 19.3. The number of hydrogen-bond acceptors (Lipinski definition) is 4. The van der Waals surface area contributed by atoms with Gasteiger partial charge in [-0.1, -0.05) is 0 Å². The number of aromatic nitrogens is 1. The van der Waals surface area contributed by atoms with E-state index in [-0.39, 0.29) is 11.4 Å². The third-order valence-corrected chi connectivity index (χ3v) is 4.28. The molecule has 1 aliphatic heterocycles. The van der Waals surface area contributed by atoms with Crippen molar-refractivity contribution in [1.82, 2.24) is 4.98 Å². The lowest BCUT2D eigenvalue weighted by atomic mass is 9.70. The summed E-state index contributed by atoms with van der Waals surface area (Å²) in [7, 11) is 2.10. The molecule has 0 aliphatic carbocycles. The Balaban J connectivity index is 2.50.